The Labute approximate surface area is 151 Å². The standard InChI is InChI=1S/C19H22FN3O3/c20-15-4-1-3-13(9-15)10-18(24)23-8-2-5-16(11-23)25-12-17-21-19(22-26-17)14-6-7-14/h1,3-4,9,14,16H,2,5-8,10-12H2/t16-/m0/s1. The van der Waals surface area contributed by atoms with Crippen molar-refractivity contribution in [1.82, 2.24) is 15.0 Å². The number of likely N-dealkylation sites (tertiary alicyclic amines) is 1. The Morgan fingerprint density at radius 3 is 3.04 bits per heavy atom. The zero-order valence-electron chi connectivity index (χ0n) is 14.6. The predicted molar refractivity (Wildman–Crippen MR) is 90.8 cm³/mol. The number of carbonyl (C=O) groups is 1. The summed E-state index contributed by atoms with van der Waals surface area (Å²) >= 11 is 0. The van der Waals surface area contributed by atoms with Gasteiger partial charge in [-0.05, 0) is 43.4 Å². The third-order valence-electron chi connectivity index (χ3n) is 4.84. The van der Waals surface area contributed by atoms with E-state index in [2.05, 4.69) is 10.1 Å². The van der Waals surface area contributed by atoms with Gasteiger partial charge in [0.2, 0.25) is 5.91 Å². The Balaban J connectivity index is 1.28. The molecule has 1 aromatic heterocycles. The van der Waals surface area contributed by atoms with E-state index in [9.17, 15) is 9.18 Å². The van der Waals surface area contributed by atoms with Gasteiger partial charge in [0.05, 0.1) is 12.5 Å². The first-order valence-corrected chi connectivity index (χ1v) is 9.13. The van der Waals surface area contributed by atoms with Crippen molar-refractivity contribution in [3.05, 3.63) is 47.4 Å². The molecule has 2 aliphatic rings. The second-order valence-corrected chi connectivity index (χ2v) is 7.04. The summed E-state index contributed by atoms with van der Waals surface area (Å²) < 4.78 is 24.4. The molecule has 0 bridgehead atoms. The topological polar surface area (TPSA) is 68.5 Å². The average molecular weight is 359 g/mol. The third-order valence-corrected chi connectivity index (χ3v) is 4.84. The molecule has 1 saturated heterocycles. The fourth-order valence-corrected chi connectivity index (χ4v) is 3.26. The lowest BCUT2D eigenvalue weighted by atomic mass is 10.1. The van der Waals surface area contributed by atoms with Crippen LogP contribution >= 0.6 is 0 Å². The quantitative estimate of drug-likeness (QED) is 0.793. The fraction of sp³-hybridized carbons (Fsp3) is 0.526. The van der Waals surface area contributed by atoms with Crippen molar-refractivity contribution in [3.8, 4) is 0 Å². The Kier molecular flexibility index (Phi) is 4.97. The van der Waals surface area contributed by atoms with Gasteiger partial charge in [0.1, 0.15) is 12.4 Å². The van der Waals surface area contributed by atoms with Crippen molar-refractivity contribution >= 4 is 5.91 Å². The van der Waals surface area contributed by atoms with Crippen LogP contribution in [-0.2, 0) is 22.6 Å². The minimum Gasteiger partial charge on any atom is -0.367 e. The summed E-state index contributed by atoms with van der Waals surface area (Å²) in [5.41, 5.74) is 0.691. The molecule has 0 unspecified atom stereocenters. The fourth-order valence-electron chi connectivity index (χ4n) is 3.26. The molecule has 1 saturated carbocycles. The number of carbonyl (C=O) groups excluding carboxylic acids is 1. The van der Waals surface area contributed by atoms with Gasteiger partial charge in [0, 0.05) is 19.0 Å². The molecule has 0 radical (unpaired) electrons. The number of hydrogen-bond acceptors (Lipinski definition) is 5. The monoisotopic (exact) mass is 359 g/mol. The largest absolute Gasteiger partial charge is 0.367 e. The van der Waals surface area contributed by atoms with Gasteiger partial charge >= 0.3 is 0 Å². The van der Waals surface area contributed by atoms with Crippen molar-refractivity contribution < 1.29 is 18.4 Å². The van der Waals surface area contributed by atoms with E-state index >= 15 is 0 Å². The summed E-state index contributed by atoms with van der Waals surface area (Å²) in [6.45, 7) is 1.52. The van der Waals surface area contributed by atoms with Crippen LogP contribution in [0.4, 0.5) is 4.39 Å². The second kappa shape index (κ2) is 7.53. The zero-order chi connectivity index (χ0) is 17.9. The number of halogens is 1. The summed E-state index contributed by atoms with van der Waals surface area (Å²) in [5.74, 6) is 1.41. The minimum absolute atomic E-state index is 0.00212. The van der Waals surface area contributed by atoms with E-state index in [0.29, 0.717) is 30.5 Å². The molecule has 4 rings (SSSR count). The first-order valence-electron chi connectivity index (χ1n) is 9.13. The van der Waals surface area contributed by atoms with Gasteiger partial charge in [-0.15, -0.1) is 0 Å². The lowest BCUT2D eigenvalue weighted by Crippen LogP contribution is -2.43. The van der Waals surface area contributed by atoms with Crippen LogP contribution in [0.25, 0.3) is 0 Å². The number of aromatic nitrogens is 2. The molecule has 6 nitrogen and oxygen atoms in total. The molecule has 1 aliphatic heterocycles. The molecular weight excluding hydrogens is 337 g/mol. The van der Waals surface area contributed by atoms with E-state index in [1.54, 1.807) is 17.0 Å². The molecule has 1 amide bonds. The molecule has 138 valence electrons. The number of amides is 1. The zero-order valence-corrected chi connectivity index (χ0v) is 14.6. The molecule has 1 atom stereocenters. The van der Waals surface area contributed by atoms with E-state index < -0.39 is 0 Å². The summed E-state index contributed by atoms with van der Waals surface area (Å²) in [7, 11) is 0. The van der Waals surface area contributed by atoms with Crippen molar-refractivity contribution in [2.75, 3.05) is 13.1 Å². The molecule has 1 aromatic carbocycles. The lowest BCUT2D eigenvalue weighted by Gasteiger charge is -2.32. The molecule has 2 aromatic rings. The van der Waals surface area contributed by atoms with Gasteiger partial charge in [0.25, 0.3) is 5.89 Å². The Morgan fingerprint density at radius 2 is 2.23 bits per heavy atom. The van der Waals surface area contributed by atoms with Crippen LogP contribution in [0.1, 0.15) is 48.9 Å². The maximum absolute atomic E-state index is 13.3. The molecule has 0 spiro atoms. The predicted octanol–water partition coefficient (Wildman–Crippen LogP) is 2.84. The number of ether oxygens (including phenoxy) is 1. The van der Waals surface area contributed by atoms with Crippen LogP contribution in [0.15, 0.2) is 28.8 Å². The maximum Gasteiger partial charge on any atom is 0.252 e. The Morgan fingerprint density at radius 1 is 1.35 bits per heavy atom. The van der Waals surface area contributed by atoms with Crippen molar-refractivity contribution in [2.24, 2.45) is 0 Å². The summed E-state index contributed by atoms with van der Waals surface area (Å²) in [4.78, 5) is 18.6. The number of piperidine rings is 1. The Hall–Kier alpha value is -2.28. The van der Waals surface area contributed by atoms with Gasteiger partial charge in [-0.2, -0.15) is 4.98 Å². The highest BCUT2D eigenvalue weighted by atomic mass is 19.1. The Bertz CT molecular complexity index is 775. The van der Waals surface area contributed by atoms with E-state index in [1.165, 1.54) is 12.1 Å². The highest BCUT2D eigenvalue weighted by molar-refractivity contribution is 5.78. The number of rotatable bonds is 6. The highest BCUT2D eigenvalue weighted by Gasteiger charge is 2.29. The van der Waals surface area contributed by atoms with Crippen LogP contribution in [-0.4, -0.2) is 40.1 Å². The molecular formula is C19H22FN3O3. The summed E-state index contributed by atoms with van der Waals surface area (Å²) in [5, 5.41) is 3.98. The second-order valence-electron chi connectivity index (χ2n) is 7.04. The van der Waals surface area contributed by atoms with Gasteiger partial charge in [-0.25, -0.2) is 4.39 Å². The van der Waals surface area contributed by atoms with E-state index in [-0.39, 0.29) is 30.9 Å². The first-order chi connectivity index (χ1) is 12.7. The molecule has 0 N–H and O–H groups in total. The molecule has 7 heteroatoms. The highest BCUT2D eigenvalue weighted by Crippen LogP contribution is 2.38. The molecule has 2 fully saturated rings. The van der Waals surface area contributed by atoms with E-state index in [1.807, 2.05) is 0 Å². The van der Waals surface area contributed by atoms with Crippen LogP contribution in [0.3, 0.4) is 0 Å². The first kappa shape index (κ1) is 17.1. The number of hydrogen-bond donors (Lipinski definition) is 0. The molecule has 1 aliphatic carbocycles. The lowest BCUT2D eigenvalue weighted by molar-refractivity contribution is -0.135. The normalized spacial score (nSPS) is 20.3. The van der Waals surface area contributed by atoms with Crippen molar-refractivity contribution in [3.63, 3.8) is 0 Å². The van der Waals surface area contributed by atoms with Crippen LogP contribution in [0.2, 0.25) is 0 Å². The van der Waals surface area contributed by atoms with Crippen LogP contribution in [0, 0.1) is 5.82 Å². The van der Waals surface area contributed by atoms with Gasteiger partial charge in [-0.1, -0.05) is 17.3 Å². The third kappa shape index (κ3) is 4.27. The van der Waals surface area contributed by atoms with Gasteiger partial charge < -0.3 is 14.2 Å². The SMILES string of the molecule is O=C(Cc1cccc(F)c1)N1CCC[C@H](OCc2nc(C3CC3)no2)C1. The maximum atomic E-state index is 13.3. The molecule has 26 heavy (non-hydrogen) atoms. The van der Waals surface area contributed by atoms with E-state index in [4.69, 9.17) is 9.26 Å². The van der Waals surface area contributed by atoms with Gasteiger partial charge in [-0.3, -0.25) is 4.79 Å². The smallest absolute Gasteiger partial charge is 0.252 e. The van der Waals surface area contributed by atoms with E-state index in [0.717, 1.165) is 31.5 Å². The summed E-state index contributed by atoms with van der Waals surface area (Å²) in [6.07, 6.45) is 4.20. The average Bonchev–Trinajstić information content (AvgIpc) is 3.39. The van der Waals surface area contributed by atoms with Crippen molar-refractivity contribution in [1.29, 1.82) is 0 Å². The van der Waals surface area contributed by atoms with Gasteiger partial charge in [0.15, 0.2) is 5.82 Å². The summed E-state index contributed by atoms with van der Waals surface area (Å²) in [6, 6.07) is 6.18. The van der Waals surface area contributed by atoms with Crippen molar-refractivity contribution in [2.45, 2.75) is 50.7 Å². The van der Waals surface area contributed by atoms with Crippen LogP contribution < -0.4 is 0 Å². The van der Waals surface area contributed by atoms with Crippen LogP contribution in [0.5, 0.6) is 0 Å². The molecule has 2 heterocycles. The number of nitrogens with zero attached hydrogens (tertiary/aromatic N) is 3. The number of benzene rings is 1. The minimum atomic E-state index is -0.319.